The maximum Gasteiger partial charge on any atom is 0.269 e. The summed E-state index contributed by atoms with van der Waals surface area (Å²) in [7, 11) is 1.64. The number of rotatable bonds is 4. The summed E-state index contributed by atoms with van der Waals surface area (Å²) in [5.74, 6) is -0.137. The van der Waals surface area contributed by atoms with Crippen molar-refractivity contribution in [3.05, 3.63) is 38.9 Å². The van der Waals surface area contributed by atoms with E-state index in [1.807, 2.05) is 0 Å². The molecule has 0 bridgehead atoms. The Kier molecular flexibility index (Phi) is 4.49. The van der Waals surface area contributed by atoms with Gasteiger partial charge in [0.1, 0.15) is 0 Å². The third-order valence-corrected chi connectivity index (χ3v) is 4.28. The van der Waals surface area contributed by atoms with Crippen LogP contribution in [0.4, 0.5) is 5.69 Å². The molecule has 0 atom stereocenters. The number of nitro benzene ring substituents is 1. The van der Waals surface area contributed by atoms with Crippen molar-refractivity contribution in [3.8, 4) is 0 Å². The van der Waals surface area contributed by atoms with Gasteiger partial charge in [-0.2, -0.15) is 0 Å². The van der Waals surface area contributed by atoms with Crippen molar-refractivity contribution in [1.29, 1.82) is 0 Å². The van der Waals surface area contributed by atoms with Crippen molar-refractivity contribution in [2.75, 3.05) is 7.05 Å². The molecule has 6 nitrogen and oxygen atoms in total. The fourth-order valence-corrected chi connectivity index (χ4v) is 2.90. The van der Waals surface area contributed by atoms with Gasteiger partial charge in [0.15, 0.2) is 0 Å². The molecule has 1 aliphatic rings. The number of benzene rings is 1. The van der Waals surface area contributed by atoms with E-state index in [2.05, 4.69) is 0 Å². The van der Waals surface area contributed by atoms with Crippen molar-refractivity contribution in [1.82, 2.24) is 4.90 Å². The molecule has 0 aromatic heterocycles. The van der Waals surface area contributed by atoms with Crippen LogP contribution in [0.3, 0.4) is 0 Å². The van der Waals surface area contributed by atoms with Crippen LogP contribution in [-0.2, 0) is 11.3 Å². The molecule has 2 rings (SSSR count). The number of carbonyl (C=O) groups excluding carboxylic acids is 1. The fraction of sp³-hybridized carbons (Fsp3) is 0.500. The van der Waals surface area contributed by atoms with Crippen LogP contribution in [-0.4, -0.2) is 28.3 Å². The van der Waals surface area contributed by atoms with E-state index in [0.717, 1.165) is 12.8 Å². The predicted octanol–water partition coefficient (Wildman–Crippen LogP) is 2.48. The normalized spacial score (nSPS) is 16.7. The van der Waals surface area contributed by atoms with Gasteiger partial charge in [0.05, 0.1) is 10.5 Å². The maximum atomic E-state index is 12.4. The summed E-state index contributed by atoms with van der Waals surface area (Å²) in [6, 6.07) is 4.21. The van der Waals surface area contributed by atoms with Gasteiger partial charge in [0, 0.05) is 30.7 Å². The van der Waals surface area contributed by atoms with Crippen LogP contribution >= 0.6 is 11.6 Å². The van der Waals surface area contributed by atoms with Crippen LogP contribution in [0.5, 0.6) is 0 Å². The molecule has 0 heterocycles. The predicted molar refractivity (Wildman–Crippen MR) is 80.0 cm³/mol. The lowest BCUT2D eigenvalue weighted by molar-refractivity contribution is -0.384. The average molecular weight is 312 g/mol. The zero-order valence-corrected chi connectivity index (χ0v) is 12.6. The Hall–Kier alpha value is -1.66. The SMILES string of the molecule is CN(Cc1cc([N+](=O)[O-])ccc1Cl)C(=O)C1(N)CCCC1. The lowest BCUT2D eigenvalue weighted by Crippen LogP contribution is -2.52. The van der Waals surface area contributed by atoms with Crippen molar-refractivity contribution < 1.29 is 9.72 Å². The van der Waals surface area contributed by atoms with Gasteiger partial charge in [0.2, 0.25) is 5.91 Å². The summed E-state index contributed by atoms with van der Waals surface area (Å²) in [6.07, 6.45) is 3.26. The second-order valence-electron chi connectivity index (χ2n) is 5.56. The highest BCUT2D eigenvalue weighted by Crippen LogP contribution is 2.30. The number of hydrogen-bond acceptors (Lipinski definition) is 4. The highest BCUT2D eigenvalue weighted by molar-refractivity contribution is 6.31. The molecular formula is C14H18ClN3O3. The summed E-state index contributed by atoms with van der Waals surface area (Å²) in [5.41, 5.74) is 5.84. The van der Waals surface area contributed by atoms with E-state index in [4.69, 9.17) is 17.3 Å². The Bertz CT molecular complexity index is 571. The van der Waals surface area contributed by atoms with Gasteiger partial charge in [-0.3, -0.25) is 14.9 Å². The van der Waals surface area contributed by atoms with Crippen LogP contribution < -0.4 is 5.73 Å². The molecule has 2 N–H and O–H groups in total. The number of nitro groups is 1. The Labute approximate surface area is 128 Å². The number of hydrogen-bond donors (Lipinski definition) is 1. The van der Waals surface area contributed by atoms with Crippen LogP contribution in [0.15, 0.2) is 18.2 Å². The molecule has 0 aliphatic heterocycles. The number of likely N-dealkylation sites (N-methyl/N-ethyl adjacent to an activating group) is 1. The van der Waals surface area contributed by atoms with Crippen molar-refractivity contribution in [2.45, 2.75) is 37.8 Å². The standard InChI is InChI=1S/C14H18ClN3O3/c1-17(13(19)14(16)6-2-3-7-14)9-10-8-11(18(20)21)4-5-12(10)15/h4-5,8H,2-3,6-7,9,16H2,1H3. The second-order valence-corrected chi connectivity index (χ2v) is 5.96. The highest BCUT2D eigenvalue weighted by Gasteiger charge is 2.38. The zero-order valence-electron chi connectivity index (χ0n) is 11.8. The van der Waals surface area contributed by atoms with Crippen LogP contribution in [0, 0.1) is 10.1 Å². The Morgan fingerprint density at radius 3 is 2.67 bits per heavy atom. The first-order valence-corrected chi connectivity index (χ1v) is 7.18. The van der Waals surface area contributed by atoms with E-state index in [9.17, 15) is 14.9 Å². The van der Waals surface area contributed by atoms with Crippen molar-refractivity contribution in [2.24, 2.45) is 5.73 Å². The molecule has 1 aromatic rings. The number of nitrogens with two attached hydrogens (primary N) is 1. The van der Waals surface area contributed by atoms with E-state index >= 15 is 0 Å². The minimum absolute atomic E-state index is 0.0430. The number of nitrogens with zero attached hydrogens (tertiary/aromatic N) is 2. The molecule has 1 aliphatic carbocycles. The third-order valence-electron chi connectivity index (χ3n) is 3.92. The van der Waals surface area contributed by atoms with Crippen molar-refractivity contribution in [3.63, 3.8) is 0 Å². The summed E-state index contributed by atoms with van der Waals surface area (Å²) in [6.45, 7) is 0.207. The van der Waals surface area contributed by atoms with Crippen LogP contribution in [0.2, 0.25) is 5.02 Å². The molecule has 1 amide bonds. The second kappa shape index (κ2) is 5.99. The lowest BCUT2D eigenvalue weighted by Gasteiger charge is -2.29. The fourth-order valence-electron chi connectivity index (χ4n) is 2.72. The smallest absolute Gasteiger partial charge is 0.269 e. The van der Waals surface area contributed by atoms with Gasteiger partial charge >= 0.3 is 0 Å². The number of non-ortho nitro benzene ring substituents is 1. The quantitative estimate of drug-likeness (QED) is 0.683. The largest absolute Gasteiger partial charge is 0.340 e. The molecule has 0 spiro atoms. The molecule has 1 aromatic carbocycles. The van der Waals surface area contributed by atoms with Gasteiger partial charge in [-0.25, -0.2) is 0 Å². The zero-order chi connectivity index (χ0) is 15.6. The van der Waals surface area contributed by atoms with Gasteiger partial charge in [0.25, 0.3) is 5.69 Å². The molecule has 0 saturated heterocycles. The number of halogens is 1. The minimum Gasteiger partial charge on any atom is -0.340 e. The topological polar surface area (TPSA) is 89.5 Å². The Morgan fingerprint density at radius 1 is 1.48 bits per heavy atom. The molecule has 0 unspecified atom stereocenters. The maximum absolute atomic E-state index is 12.4. The molecule has 7 heteroatoms. The van der Waals surface area contributed by atoms with Crippen LogP contribution in [0.25, 0.3) is 0 Å². The van der Waals surface area contributed by atoms with Crippen LogP contribution in [0.1, 0.15) is 31.2 Å². The van der Waals surface area contributed by atoms with Gasteiger partial charge < -0.3 is 10.6 Å². The average Bonchev–Trinajstić information content (AvgIpc) is 2.88. The first-order chi connectivity index (χ1) is 9.83. The molecule has 21 heavy (non-hydrogen) atoms. The summed E-state index contributed by atoms with van der Waals surface area (Å²) in [4.78, 5) is 24.2. The molecule has 1 fully saturated rings. The number of carbonyl (C=O) groups is 1. The first kappa shape index (κ1) is 15.7. The number of amides is 1. The lowest BCUT2D eigenvalue weighted by atomic mass is 9.97. The van der Waals surface area contributed by atoms with E-state index in [1.54, 1.807) is 7.05 Å². The highest BCUT2D eigenvalue weighted by atomic mass is 35.5. The molecular weight excluding hydrogens is 294 g/mol. The summed E-state index contributed by atoms with van der Waals surface area (Å²) >= 11 is 6.05. The van der Waals surface area contributed by atoms with Gasteiger partial charge in [-0.1, -0.05) is 24.4 Å². The molecule has 1 saturated carbocycles. The van der Waals surface area contributed by atoms with Gasteiger partial charge in [-0.15, -0.1) is 0 Å². The van der Waals surface area contributed by atoms with Crippen molar-refractivity contribution >= 4 is 23.2 Å². The monoisotopic (exact) mass is 311 g/mol. The van der Waals surface area contributed by atoms with E-state index in [1.165, 1.54) is 23.1 Å². The van der Waals surface area contributed by atoms with Gasteiger partial charge in [-0.05, 0) is 24.5 Å². The van der Waals surface area contributed by atoms with E-state index < -0.39 is 10.5 Å². The Morgan fingerprint density at radius 2 is 2.10 bits per heavy atom. The summed E-state index contributed by atoms with van der Waals surface area (Å²) < 4.78 is 0. The first-order valence-electron chi connectivity index (χ1n) is 6.81. The van der Waals surface area contributed by atoms with E-state index in [-0.39, 0.29) is 18.1 Å². The molecule has 0 radical (unpaired) electrons. The Balaban J connectivity index is 2.15. The summed E-state index contributed by atoms with van der Waals surface area (Å²) in [5, 5.41) is 11.2. The minimum atomic E-state index is -0.804. The molecule has 114 valence electrons. The van der Waals surface area contributed by atoms with E-state index in [0.29, 0.717) is 23.4 Å². The third kappa shape index (κ3) is 3.33.